The van der Waals surface area contributed by atoms with Crippen molar-refractivity contribution in [1.29, 1.82) is 0 Å². The molecule has 0 fully saturated rings. The number of carbonyl (C=O) groups excluding carboxylic acids is 1. The Bertz CT molecular complexity index is 583. The van der Waals surface area contributed by atoms with Gasteiger partial charge in [0.2, 0.25) is 0 Å². The van der Waals surface area contributed by atoms with Crippen LogP contribution in [0.2, 0.25) is 0 Å². The Morgan fingerprint density at radius 3 is 2.30 bits per heavy atom. The highest BCUT2D eigenvalue weighted by Crippen LogP contribution is 2.29. The summed E-state index contributed by atoms with van der Waals surface area (Å²) in [5.74, 6) is -0.543. The van der Waals surface area contributed by atoms with Gasteiger partial charge in [0.25, 0.3) is 5.91 Å². The van der Waals surface area contributed by atoms with Gasteiger partial charge < -0.3 is 10.8 Å². The summed E-state index contributed by atoms with van der Waals surface area (Å²) in [5.41, 5.74) is 5.42. The zero-order valence-electron chi connectivity index (χ0n) is 11.2. The quantitative estimate of drug-likeness (QED) is 0.830. The van der Waals surface area contributed by atoms with E-state index in [2.05, 4.69) is 0 Å². The molecule has 2 aromatic rings. The van der Waals surface area contributed by atoms with Crippen LogP contribution >= 0.6 is 11.8 Å². The highest BCUT2D eigenvalue weighted by atomic mass is 32.2. The van der Waals surface area contributed by atoms with Gasteiger partial charge in [-0.3, -0.25) is 4.79 Å². The maximum atomic E-state index is 11.7. The molecule has 0 unspecified atom stereocenters. The van der Waals surface area contributed by atoms with Gasteiger partial charge in [0.1, 0.15) is 0 Å². The van der Waals surface area contributed by atoms with E-state index in [-0.39, 0.29) is 5.75 Å². The van der Waals surface area contributed by atoms with E-state index in [0.717, 1.165) is 4.90 Å². The van der Waals surface area contributed by atoms with Crippen molar-refractivity contribution in [3.63, 3.8) is 0 Å². The third-order valence-electron chi connectivity index (χ3n) is 3.13. The number of carbonyl (C=O) groups is 1. The molecular weight excluding hydrogens is 270 g/mol. The molecule has 2 aromatic carbocycles. The van der Waals surface area contributed by atoms with Crippen molar-refractivity contribution in [1.82, 2.24) is 0 Å². The monoisotopic (exact) mass is 287 g/mol. The Morgan fingerprint density at radius 2 is 1.75 bits per heavy atom. The number of nitrogens with two attached hydrogens (primary N) is 1. The van der Waals surface area contributed by atoms with Crippen molar-refractivity contribution in [2.24, 2.45) is 5.73 Å². The van der Waals surface area contributed by atoms with E-state index in [9.17, 15) is 9.90 Å². The molecule has 0 spiro atoms. The lowest BCUT2D eigenvalue weighted by Gasteiger charge is -2.24. The normalized spacial score (nSPS) is 13.7. The summed E-state index contributed by atoms with van der Waals surface area (Å²) < 4.78 is 0. The van der Waals surface area contributed by atoms with Crippen molar-refractivity contribution in [2.45, 2.75) is 17.4 Å². The minimum atomic E-state index is -1.66. The van der Waals surface area contributed by atoms with E-state index in [4.69, 9.17) is 5.73 Å². The van der Waals surface area contributed by atoms with Gasteiger partial charge in [-0.05, 0) is 24.6 Å². The molecule has 1 amide bonds. The fraction of sp³-hybridized carbons (Fsp3) is 0.188. The molecule has 0 saturated heterocycles. The topological polar surface area (TPSA) is 63.3 Å². The van der Waals surface area contributed by atoms with Gasteiger partial charge in [0.05, 0.1) is 0 Å². The SMILES string of the molecule is Cc1ccc(SC[C@@](O)(C(N)=O)c2ccccc2)cc1. The van der Waals surface area contributed by atoms with E-state index in [1.807, 2.05) is 37.3 Å². The highest BCUT2D eigenvalue weighted by Gasteiger charge is 2.35. The van der Waals surface area contributed by atoms with Gasteiger partial charge in [-0.1, -0.05) is 48.0 Å². The zero-order valence-corrected chi connectivity index (χ0v) is 12.1. The summed E-state index contributed by atoms with van der Waals surface area (Å²) >= 11 is 1.41. The predicted octanol–water partition coefficient (Wildman–Crippen LogP) is 2.46. The van der Waals surface area contributed by atoms with Gasteiger partial charge in [-0.25, -0.2) is 0 Å². The molecule has 3 nitrogen and oxygen atoms in total. The van der Waals surface area contributed by atoms with E-state index in [1.54, 1.807) is 24.3 Å². The van der Waals surface area contributed by atoms with Gasteiger partial charge in [0.15, 0.2) is 5.60 Å². The fourth-order valence-corrected chi connectivity index (χ4v) is 2.85. The van der Waals surface area contributed by atoms with Crippen molar-refractivity contribution < 1.29 is 9.90 Å². The number of hydrogen-bond donors (Lipinski definition) is 2. The first kappa shape index (κ1) is 14.6. The number of aryl methyl sites for hydroxylation is 1. The van der Waals surface area contributed by atoms with Crippen LogP contribution in [0.5, 0.6) is 0 Å². The minimum absolute atomic E-state index is 0.190. The van der Waals surface area contributed by atoms with Crippen molar-refractivity contribution in [3.8, 4) is 0 Å². The Hall–Kier alpha value is -1.78. The third kappa shape index (κ3) is 3.21. The Morgan fingerprint density at radius 1 is 1.15 bits per heavy atom. The lowest BCUT2D eigenvalue weighted by atomic mass is 9.95. The molecule has 20 heavy (non-hydrogen) atoms. The predicted molar refractivity (Wildman–Crippen MR) is 81.4 cm³/mol. The average Bonchev–Trinajstić information content (AvgIpc) is 2.47. The molecule has 1 atom stereocenters. The van der Waals surface area contributed by atoms with Crippen molar-refractivity contribution in [2.75, 3.05) is 5.75 Å². The molecule has 0 aromatic heterocycles. The van der Waals surface area contributed by atoms with E-state index >= 15 is 0 Å². The van der Waals surface area contributed by atoms with E-state index < -0.39 is 11.5 Å². The molecule has 0 heterocycles. The molecule has 0 aliphatic carbocycles. The second kappa shape index (κ2) is 6.11. The molecule has 0 radical (unpaired) electrons. The Labute approximate surface area is 122 Å². The van der Waals surface area contributed by atoms with Crippen LogP contribution in [0, 0.1) is 6.92 Å². The van der Waals surface area contributed by atoms with Crippen LogP contribution in [0.1, 0.15) is 11.1 Å². The van der Waals surface area contributed by atoms with Gasteiger partial charge in [0, 0.05) is 10.6 Å². The summed E-state index contributed by atoms with van der Waals surface area (Å²) in [4.78, 5) is 12.6. The van der Waals surface area contributed by atoms with Gasteiger partial charge >= 0.3 is 0 Å². The first-order chi connectivity index (χ1) is 9.52. The molecule has 0 aliphatic heterocycles. The molecule has 0 bridgehead atoms. The first-order valence-corrected chi connectivity index (χ1v) is 7.28. The van der Waals surface area contributed by atoms with Crippen LogP contribution in [0.25, 0.3) is 0 Å². The van der Waals surface area contributed by atoms with Gasteiger partial charge in [-0.15, -0.1) is 11.8 Å². The lowest BCUT2D eigenvalue weighted by molar-refractivity contribution is -0.134. The summed E-state index contributed by atoms with van der Waals surface area (Å²) in [6.07, 6.45) is 0. The maximum Gasteiger partial charge on any atom is 0.254 e. The molecule has 104 valence electrons. The second-order valence-corrected chi connectivity index (χ2v) is 5.74. The summed E-state index contributed by atoms with van der Waals surface area (Å²) in [6, 6.07) is 16.7. The average molecular weight is 287 g/mol. The fourth-order valence-electron chi connectivity index (χ4n) is 1.83. The molecule has 0 saturated carbocycles. The highest BCUT2D eigenvalue weighted by molar-refractivity contribution is 7.99. The summed E-state index contributed by atoms with van der Waals surface area (Å²) in [5, 5.41) is 10.6. The zero-order chi connectivity index (χ0) is 14.6. The summed E-state index contributed by atoms with van der Waals surface area (Å²) in [6.45, 7) is 2.01. The number of thioether (sulfide) groups is 1. The minimum Gasteiger partial charge on any atom is -0.375 e. The number of hydrogen-bond acceptors (Lipinski definition) is 3. The Balaban J connectivity index is 2.18. The largest absolute Gasteiger partial charge is 0.375 e. The summed E-state index contributed by atoms with van der Waals surface area (Å²) in [7, 11) is 0. The van der Waals surface area contributed by atoms with Crippen LogP contribution in [-0.2, 0) is 10.4 Å². The molecule has 4 heteroatoms. The van der Waals surface area contributed by atoms with Crippen molar-refractivity contribution >= 4 is 17.7 Å². The van der Waals surface area contributed by atoms with E-state index in [1.165, 1.54) is 17.3 Å². The van der Waals surface area contributed by atoms with Crippen LogP contribution in [-0.4, -0.2) is 16.8 Å². The molecule has 0 aliphatic rings. The second-order valence-electron chi connectivity index (χ2n) is 4.69. The standard InChI is InChI=1S/C16H17NO2S/c1-12-7-9-14(10-8-12)20-11-16(19,15(17)18)13-5-3-2-4-6-13/h2-10,19H,11H2,1H3,(H2,17,18)/t16-/m0/s1. The number of benzene rings is 2. The molecule has 3 N–H and O–H groups in total. The number of amides is 1. The van der Waals surface area contributed by atoms with Crippen LogP contribution in [0.3, 0.4) is 0 Å². The van der Waals surface area contributed by atoms with Crippen molar-refractivity contribution in [3.05, 3.63) is 65.7 Å². The molecular formula is C16H17NO2S. The van der Waals surface area contributed by atoms with Crippen LogP contribution in [0.4, 0.5) is 0 Å². The number of rotatable bonds is 5. The smallest absolute Gasteiger partial charge is 0.254 e. The van der Waals surface area contributed by atoms with Crippen LogP contribution in [0.15, 0.2) is 59.5 Å². The molecule has 2 rings (SSSR count). The third-order valence-corrected chi connectivity index (χ3v) is 4.30. The number of primary amides is 1. The number of aliphatic hydroxyl groups is 1. The Kier molecular flexibility index (Phi) is 4.47. The van der Waals surface area contributed by atoms with Gasteiger partial charge in [-0.2, -0.15) is 0 Å². The first-order valence-electron chi connectivity index (χ1n) is 6.29. The lowest BCUT2D eigenvalue weighted by Crippen LogP contribution is -2.43. The maximum absolute atomic E-state index is 11.7. The van der Waals surface area contributed by atoms with Crippen LogP contribution < -0.4 is 5.73 Å². The van der Waals surface area contributed by atoms with E-state index in [0.29, 0.717) is 5.56 Å².